The van der Waals surface area contributed by atoms with E-state index in [1.54, 1.807) is 0 Å². The SMILES string of the molecule is CC(C)=C1C2CCC1C1C(=O)N(c3nc(-c4ccc(C)c(C)c4)c(C)s3)C(=O)C21. The van der Waals surface area contributed by atoms with Crippen LogP contribution in [0.5, 0.6) is 0 Å². The van der Waals surface area contributed by atoms with E-state index in [0.717, 1.165) is 29.0 Å². The van der Waals surface area contributed by atoms with E-state index < -0.39 is 0 Å². The number of fused-ring (bicyclic) bond motifs is 5. The first-order chi connectivity index (χ1) is 13.8. The van der Waals surface area contributed by atoms with Crippen molar-refractivity contribution in [3.63, 3.8) is 0 Å². The zero-order valence-electron chi connectivity index (χ0n) is 17.6. The highest BCUT2D eigenvalue weighted by molar-refractivity contribution is 7.16. The third-order valence-corrected chi connectivity index (χ3v) is 8.14. The molecule has 1 aromatic carbocycles. The highest BCUT2D eigenvalue weighted by atomic mass is 32.1. The molecule has 5 heteroatoms. The standard InChI is InChI=1S/C24H26N2O2S/c1-11(2)18-16-8-9-17(18)20-19(16)22(27)26(23(20)28)24-25-21(14(5)29-24)15-7-6-12(3)13(4)10-15/h6-7,10,16-17,19-20H,8-9H2,1-5H3. The van der Waals surface area contributed by atoms with Crippen LogP contribution < -0.4 is 4.90 Å². The number of aromatic nitrogens is 1. The van der Waals surface area contributed by atoms with Crippen molar-refractivity contribution in [1.29, 1.82) is 0 Å². The monoisotopic (exact) mass is 406 g/mol. The maximum absolute atomic E-state index is 13.4. The van der Waals surface area contributed by atoms with Crippen LogP contribution in [0.2, 0.25) is 0 Å². The first-order valence-electron chi connectivity index (χ1n) is 10.4. The molecular weight excluding hydrogens is 380 g/mol. The fourth-order valence-corrected chi connectivity index (χ4v) is 6.76. The molecule has 0 radical (unpaired) electrons. The third-order valence-electron chi connectivity index (χ3n) is 7.19. The van der Waals surface area contributed by atoms with E-state index >= 15 is 0 Å². The van der Waals surface area contributed by atoms with Gasteiger partial charge in [0.05, 0.1) is 17.5 Å². The van der Waals surface area contributed by atoms with Crippen LogP contribution in [0.3, 0.4) is 0 Å². The van der Waals surface area contributed by atoms with E-state index in [-0.39, 0.29) is 35.5 Å². The van der Waals surface area contributed by atoms with Gasteiger partial charge in [0.1, 0.15) is 0 Å². The van der Waals surface area contributed by atoms with Crippen LogP contribution in [0.4, 0.5) is 5.13 Å². The van der Waals surface area contributed by atoms with Gasteiger partial charge in [-0.3, -0.25) is 9.59 Å². The van der Waals surface area contributed by atoms with Crippen LogP contribution >= 0.6 is 11.3 Å². The summed E-state index contributed by atoms with van der Waals surface area (Å²) in [5.41, 5.74) is 7.04. The number of rotatable bonds is 2. The molecule has 2 heterocycles. The summed E-state index contributed by atoms with van der Waals surface area (Å²) in [4.78, 5) is 33.9. The lowest BCUT2D eigenvalue weighted by atomic mass is 9.81. The van der Waals surface area contributed by atoms with E-state index in [1.807, 2.05) is 6.92 Å². The van der Waals surface area contributed by atoms with Crippen molar-refractivity contribution in [1.82, 2.24) is 4.98 Å². The van der Waals surface area contributed by atoms with Gasteiger partial charge >= 0.3 is 0 Å². The molecule has 2 amide bonds. The fourth-order valence-electron chi connectivity index (χ4n) is 5.81. The third kappa shape index (κ3) is 2.53. The van der Waals surface area contributed by atoms with Crippen LogP contribution in [0.15, 0.2) is 29.3 Å². The summed E-state index contributed by atoms with van der Waals surface area (Å²) in [7, 11) is 0. The van der Waals surface area contributed by atoms with Crippen LogP contribution in [-0.2, 0) is 9.59 Å². The largest absolute Gasteiger partial charge is 0.274 e. The number of thiazole rings is 1. The summed E-state index contributed by atoms with van der Waals surface area (Å²) in [6.45, 7) is 10.4. The van der Waals surface area contributed by atoms with Crippen molar-refractivity contribution < 1.29 is 9.59 Å². The van der Waals surface area contributed by atoms with Crippen LogP contribution in [0, 0.1) is 44.4 Å². The Hall–Kier alpha value is -2.27. The minimum atomic E-state index is -0.180. The van der Waals surface area contributed by atoms with Crippen molar-refractivity contribution in [3.05, 3.63) is 45.3 Å². The summed E-state index contributed by atoms with van der Waals surface area (Å²) in [6, 6.07) is 6.29. The molecule has 0 spiro atoms. The maximum atomic E-state index is 13.4. The summed E-state index contributed by atoms with van der Waals surface area (Å²) in [5.74, 6) is 0.0620. The van der Waals surface area contributed by atoms with Gasteiger partial charge in [-0.1, -0.05) is 23.3 Å². The van der Waals surface area contributed by atoms with Gasteiger partial charge in [-0.05, 0) is 76.5 Å². The second-order valence-electron chi connectivity index (χ2n) is 9.01. The van der Waals surface area contributed by atoms with E-state index in [2.05, 4.69) is 45.9 Å². The Morgan fingerprint density at radius 2 is 1.62 bits per heavy atom. The van der Waals surface area contributed by atoms with Crippen LogP contribution in [-0.4, -0.2) is 16.8 Å². The molecule has 4 atom stereocenters. The highest BCUT2D eigenvalue weighted by Crippen LogP contribution is 2.60. The first kappa shape index (κ1) is 18.7. The van der Waals surface area contributed by atoms with Crippen molar-refractivity contribution in [3.8, 4) is 11.3 Å². The fraction of sp³-hybridized carbons (Fsp3) is 0.458. The predicted octanol–water partition coefficient (Wildman–Crippen LogP) is 5.22. The summed E-state index contributed by atoms with van der Waals surface area (Å²) in [6.07, 6.45) is 2.06. The molecule has 1 aliphatic heterocycles. The summed E-state index contributed by atoms with van der Waals surface area (Å²) >= 11 is 1.45. The number of allylic oxidation sites excluding steroid dienone is 2. The van der Waals surface area contributed by atoms with Gasteiger partial charge in [0, 0.05) is 10.4 Å². The Bertz CT molecular complexity index is 1060. The number of amides is 2. The van der Waals surface area contributed by atoms with Gasteiger partial charge in [0.25, 0.3) is 0 Å². The van der Waals surface area contributed by atoms with Crippen molar-refractivity contribution in [2.45, 2.75) is 47.5 Å². The first-order valence-corrected chi connectivity index (χ1v) is 11.2. The van der Waals surface area contributed by atoms with Gasteiger partial charge in [-0.25, -0.2) is 9.88 Å². The number of hydrogen-bond donors (Lipinski definition) is 0. The molecule has 1 aromatic heterocycles. The molecule has 29 heavy (non-hydrogen) atoms. The lowest BCUT2D eigenvalue weighted by Crippen LogP contribution is -2.33. The molecule has 1 saturated heterocycles. The average Bonchev–Trinajstić information content (AvgIpc) is 3.39. The van der Waals surface area contributed by atoms with Gasteiger partial charge in [-0.15, -0.1) is 11.3 Å². The Morgan fingerprint density at radius 1 is 1.00 bits per heavy atom. The molecule has 4 unspecified atom stereocenters. The zero-order valence-corrected chi connectivity index (χ0v) is 18.4. The van der Waals surface area contributed by atoms with E-state index in [1.165, 1.54) is 38.5 Å². The Balaban J connectivity index is 1.52. The topological polar surface area (TPSA) is 50.3 Å². The number of benzene rings is 1. The number of anilines is 1. The van der Waals surface area contributed by atoms with Gasteiger partial charge < -0.3 is 0 Å². The number of carbonyl (C=O) groups is 2. The van der Waals surface area contributed by atoms with E-state index in [0.29, 0.717) is 5.13 Å². The average molecular weight is 407 g/mol. The van der Waals surface area contributed by atoms with Gasteiger partial charge in [0.2, 0.25) is 11.8 Å². The summed E-state index contributed by atoms with van der Waals surface area (Å²) in [5, 5.41) is 0.540. The Morgan fingerprint density at radius 3 is 2.17 bits per heavy atom. The van der Waals surface area contributed by atoms with Crippen LogP contribution in [0.1, 0.15) is 42.7 Å². The molecule has 0 N–H and O–H groups in total. The van der Waals surface area contributed by atoms with Crippen molar-refractivity contribution in [2.24, 2.45) is 23.7 Å². The number of carbonyl (C=O) groups excluding carboxylic acids is 2. The molecule has 3 aliphatic rings. The number of aryl methyl sites for hydroxylation is 3. The minimum Gasteiger partial charge on any atom is -0.274 e. The predicted molar refractivity (Wildman–Crippen MR) is 116 cm³/mol. The molecule has 2 aliphatic carbocycles. The Labute approximate surface area is 175 Å². The molecule has 4 nitrogen and oxygen atoms in total. The molecular formula is C24H26N2O2S. The second-order valence-corrected chi connectivity index (χ2v) is 10.2. The molecule has 3 fully saturated rings. The molecule has 2 bridgehead atoms. The molecule has 2 saturated carbocycles. The zero-order chi connectivity index (χ0) is 20.6. The minimum absolute atomic E-state index is 0.0358. The molecule has 150 valence electrons. The van der Waals surface area contributed by atoms with Crippen LogP contribution in [0.25, 0.3) is 11.3 Å². The Kier molecular flexibility index (Phi) is 4.11. The summed E-state index contributed by atoms with van der Waals surface area (Å²) < 4.78 is 0. The lowest BCUT2D eigenvalue weighted by Gasteiger charge is -2.18. The number of hydrogen-bond acceptors (Lipinski definition) is 4. The second kappa shape index (κ2) is 6.36. The number of nitrogens with zero attached hydrogens (tertiary/aromatic N) is 2. The highest BCUT2D eigenvalue weighted by Gasteiger charge is 2.64. The van der Waals surface area contributed by atoms with Crippen molar-refractivity contribution >= 4 is 28.3 Å². The normalized spacial score (nSPS) is 27.9. The van der Waals surface area contributed by atoms with Gasteiger partial charge in [0.15, 0.2) is 5.13 Å². The van der Waals surface area contributed by atoms with Crippen molar-refractivity contribution in [2.75, 3.05) is 4.90 Å². The van der Waals surface area contributed by atoms with E-state index in [9.17, 15) is 9.59 Å². The van der Waals surface area contributed by atoms with Gasteiger partial charge in [-0.2, -0.15) is 0 Å². The lowest BCUT2D eigenvalue weighted by molar-refractivity contribution is -0.123. The maximum Gasteiger partial charge on any atom is 0.240 e. The van der Waals surface area contributed by atoms with E-state index in [4.69, 9.17) is 4.98 Å². The smallest absolute Gasteiger partial charge is 0.240 e. The molecule has 2 aromatic rings. The quantitative estimate of drug-likeness (QED) is 0.508. The number of imide groups is 1. The molecule has 5 rings (SSSR count).